The molecule has 1 aromatic rings. The predicted molar refractivity (Wildman–Crippen MR) is 85.4 cm³/mol. The minimum absolute atomic E-state index is 0.170. The molecule has 0 aliphatic rings. The van der Waals surface area contributed by atoms with E-state index >= 15 is 0 Å². The van der Waals surface area contributed by atoms with Crippen LogP contribution < -0.4 is 5.32 Å². The van der Waals surface area contributed by atoms with Crippen LogP contribution in [0.4, 0.5) is 0 Å². The Morgan fingerprint density at radius 1 is 1.60 bits per heavy atom. The van der Waals surface area contributed by atoms with Crippen molar-refractivity contribution in [3.63, 3.8) is 0 Å². The zero-order valence-electron chi connectivity index (χ0n) is 11.1. The van der Waals surface area contributed by atoms with Crippen molar-refractivity contribution in [3.05, 3.63) is 58.8 Å². The van der Waals surface area contributed by atoms with Crippen molar-refractivity contribution in [2.24, 2.45) is 0 Å². The third-order valence-electron chi connectivity index (χ3n) is 2.47. The zero-order valence-corrected chi connectivity index (χ0v) is 12.7. The molecule has 0 heterocycles. The van der Waals surface area contributed by atoms with E-state index in [9.17, 15) is 0 Å². The van der Waals surface area contributed by atoms with Gasteiger partial charge in [0.2, 0.25) is 5.05 Å². The molecule has 0 saturated carbocycles. The number of halogens is 1. The van der Waals surface area contributed by atoms with Gasteiger partial charge in [-0.1, -0.05) is 36.4 Å². The number of ether oxygens (including phenoxy) is 1. The molecule has 0 amide bonds. The van der Waals surface area contributed by atoms with Crippen LogP contribution in [-0.4, -0.2) is 11.7 Å². The van der Waals surface area contributed by atoms with E-state index in [0.717, 1.165) is 5.56 Å². The van der Waals surface area contributed by atoms with Crippen molar-refractivity contribution < 1.29 is 4.74 Å². The van der Waals surface area contributed by atoms with Crippen LogP contribution >= 0.6 is 23.8 Å². The number of nitrogens with zero attached hydrogens (tertiary/aromatic N) is 1. The molecule has 0 bridgehead atoms. The highest BCUT2D eigenvalue weighted by molar-refractivity contribution is 7.80. The molecule has 0 radical (unpaired) electrons. The van der Waals surface area contributed by atoms with Crippen LogP contribution in [0.25, 0.3) is 0 Å². The second-order valence-electron chi connectivity index (χ2n) is 3.98. The Kier molecular flexibility index (Phi) is 6.78. The van der Waals surface area contributed by atoms with Crippen molar-refractivity contribution >= 4 is 28.9 Å². The van der Waals surface area contributed by atoms with Gasteiger partial charge in [-0.05, 0) is 36.8 Å². The van der Waals surface area contributed by atoms with Crippen molar-refractivity contribution in [1.82, 2.24) is 5.32 Å². The highest BCUT2D eigenvalue weighted by atomic mass is 35.5. The fraction of sp³-hybridized carbons (Fsp3) is 0.200. The number of allylic oxidation sites excluding steroid dienone is 1. The normalized spacial score (nSPS) is 11.1. The number of nitrogens with one attached hydrogen (secondary N) is 1. The van der Waals surface area contributed by atoms with Crippen molar-refractivity contribution in [3.8, 4) is 6.07 Å². The summed E-state index contributed by atoms with van der Waals surface area (Å²) in [7, 11) is 0. The molecular weight excluding hydrogens is 292 g/mol. The molecule has 3 nitrogen and oxygen atoms in total. The first-order chi connectivity index (χ1) is 9.58. The summed E-state index contributed by atoms with van der Waals surface area (Å²) in [5.74, 6) is 0. The summed E-state index contributed by atoms with van der Waals surface area (Å²) in [6, 6.07) is 9.55. The summed E-state index contributed by atoms with van der Waals surface area (Å²) in [5.41, 5.74) is 2.01. The number of thiocarbonyl (C=S) groups is 1. The van der Waals surface area contributed by atoms with Gasteiger partial charge in [0.25, 0.3) is 0 Å². The third-order valence-corrected chi connectivity index (χ3v) is 3.03. The molecule has 20 heavy (non-hydrogen) atoms. The number of nitriles is 1. The zero-order chi connectivity index (χ0) is 15.0. The lowest BCUT2D eigenvalue weighted by molar-refractivity contribution is 0.361. The molecule has 1 aromatic carbocycles. The van der Waals surface area contributed by atoms with E-state index in [4.69, 9.17) is 33.8 Å². The van der Waals surface area contributed by atoms with E-state index in [-0.39, 0.29) is 11.7 Å². The quantitative estimate of drug-likeness (QED) is 0.376. The molecule has 0 fully saturated rings. The maximum Gasteiger partial charge on any atom is 0.204 e. The predicted octanol–water partition coefficient (Wildman–Crippen LogP) is 3.76. The lowest BCUT2D eigenvalue weighted by atomic mass is 10.2. The van der Waals surface area contributed by atoms with Crippen molar-refractivity contribution in [1.29, 1.82) is 5.26 Å². The summed E-state index contributed by atoms with van der Waals surface area (Å²) in [6.07, 6.45) is 1.58. The Morgan fingerprint density at radius 3 is 2.95 bits per heavy atom. The molecule has 0 spiro atoms. The molecule has 104 valence electrons. The van der Waals surface area contributed by atoms with Gasteiger partial charge in [-0.25, -0.2) is 0 Å². The molecule has 0 aliphatic carbocycles. The van der Waals surface area contributed by atoms with Gasteiger partial charge in [-0.2, -0.15) is 5.26 Å². The number of hydrogen-bond donors (Lipinski definition) is 1. The first-order valence-corrected chi connectivity index (χ1v) is 6.74. The van der Waals surface area contributed by atoms with Crippen LogP contribution in [0.1, 0.15) is 12.5 Å². The second kappa shape index (κ2) is 8.36. The smallest absolute Gasteiger partial charge is 0.204 e. The molecule has 0 aromatic heterocycles. The van der Waals surface area contributed by atoms with E-state index < -0.39 is 0 Å². The Balaban J connectivity index is 2.73. The average Bonchev–Trinajstić information content (AvgIpc) is 2.43. The van der Waals surface area contributed by atoms with Gasteiger partial charge in [0, 0.05) is 17.3 Å². The van der Waals surface area contributed by atoms with Crippen LogP contribution in [0, 0.1) is 11.3 Å². The van der Waals surface area contributed by atoms with E-state index in [1.807, 2.05) is 30.3 Å². The largest absolute Gasteiger partial charge is 0.478 e. The van der Waals surface area contributed by atoms with E-state index in [1.165, 1.54) is 0 Å². The highest BCUT2D eigenvalue weighted by Gasteiger charge is 2.09. The Hall–Kier alpha value is -1.83. The number of rotatable bonds is 6. The molecule has 0 saturated heterocycles. The molecule has 5 heteroatoms. The third kappa shape index (κ3) is 5.04. The first-order valence-electron chi connectivity index (χ1n) is 5.95. The highest BCUT2D eigenvalue weighted by Crippen LogP contribution is 2.11. The first kappa shape index (κ1) is 16.2. The second-order valence-corrected chi connectivity index (χ2v) is 4.79. The molecule has 1 rings (SSSR count). The Labute approximate surface area is 129 Å². The van der Waals surface area contributed by atoms with Gasteiger partial charge < -0.3 is 10.1 Å². The lowest BCUT2D eigenvalue weighted by Gasteiger charge is -2.10. The van der Waals surface area contributed by atoms with Gasteiger partial charge in [0.1, 0.15) is 18.2 Å². The van der Waals surface area contributed by atoms with Gasteiger partial charge >= 0.3 is 0 Å². The van der Waals surface area contributed by atoms with Gasteiger partial charge in [-0.15, -0.1) is 0 Å². The summed E-state index contributed by atoms with van der Waals surface area (Å²) < 4.78 is 5.21. The molecule has 0 unspecified atom stereocenters. The summed E-state index contributed by atoms with van der Waals surface area (Å²) in [6.45, 7) is 6.16. The van der Waals surface area contributed by atoms with Crippen molar-refractivity contribution in [2.45, 2.75) is 13.5 Å². The topological polar surface area (TPSA) is 45.0 Å². The van der Waals surface area contributed by atoms with Gasteiger partial charge in [0.15, 0.2) is 0 Å². The summed E-state index contributed by atoms with van der Waals surface area (Å²) in [5, 5.41) is 13.1. The molecule has 0 aliphatic heterocycles. The van der Waals surface area contributed by atoms with Crippen LogP contribution in [0.5, 0.6) is 0 Å². The van der Waals surface area contributed by atoms with Crippen molar-refractivity contribution in [2.75, 3.05) is 6.61 Å². The lowest BCUT2D eigenvalue weighted by Crippen LogP contribution is -2.16. The maximum absolute atomic E-state index is 9.15. The standard InChI is InChI=1S/C15H15ClN2OS/c1-3-7-19-15(20)14(9-17)11(2)18-10-12-5-4-6-13(16)8-12/h3-6,8,18H,1,7,10H2,2H3. The SMILES string of the molecule is C=CCOC(=S)C(C#N)=C(C)NCc1cccc(Cl)c1. The minimum atomic E-state index is 0.170. The summed E-state index contributed by atoms with van der Waals surface area (Å²) in [4.78, 5) is 0. The van der Waals surface area contributed by atoms with Gasteiger partial charge in [0.05, 0.1) is 0 Å². The molecule has 1 N–H and O–H groups in total. The van der Waals surface area contributed by atoms with Crippen LogP contribution in [-0.2, 0) is 11.3 Å². The number of hydrogen-bond acceptors (Lipinski definition) is 4. The van der Waals surface area contributed by atoms with Crippen LogP contribution in [0.3, 0.4) is 0 Å². The molecular formula is C15H15ClN2OS. The minimum Gasteiger partial charge on any atom is -0.478 e. The summed E-state index contributed by atoms with van der Waals surface area (Å²) >= 11 is 11.0. The van der Waals surface area contributed by atoms with E-state index in [1.54, 1.807) is 13.0 Å². The van der Waals surface area contributed by atoms with Crippen LogP contribution in [0.15, 0.2) is 48.2 Å². The van der Waals surface area contributed by atoms with Gasteiger partial charge in [-0.3, -0.25) is 0 Å². The van der Waals surface area contributed by atoms with Crippen LogP contribution in [0.2, 0.25) is 5.02 Å². The van der Waals surface area contributed by atoms with E-state index in [0.29, 0.717) is 22.8 Å². The number of benzene rings is 1. The average molecular weight is 307 g/mol. The van der Waals surface area contributed by atoms with E-state index in [2.05, 4.69) is 11.9 Å². The Morgan fingerprint density at radius 2 is 2.35 bits per heavy atom. The maximum atomic E-state index is 9.15. The fourth-order valence-corrected chi connectivity index (χ4v) is 1.94. The molecule has 0 atom stereocenters. The monoisotopic (exact) mass is 306 g/mol. The fourth-order valence-electron chi connectivity index (χ4n) is 1.46. The Bertz CT molecular complexity index is 575.